The van der Waals surface area contributed by atoms with Crippen LogP contribution >= 0.6 is 0 Å². The largest absolute Gasteiger partial charge is 0.507 e. The minimum atomic E-state index is -1.14. The fourth-order valence-electron chi connectivity index (χ4n) is 1.90. The third-order valence-electron chi connectivity index (χ3n) is 3.17. The third-order valence-corrected chi connectivity index (χ3v) is 3.17. The van der Waals surface area contributed by atoms with Crippen LogP contribution in [0.2, 0.25) is 0 Å². The number of nitrogens with one attached hydrogen (secondary N) is 1. The molecule has 0 saturated carbocycles. The van der Waals surface area contributed by atoms with Gasteiger partial charge >= 0.3 is 5.97 Å². The molecule has 0 aliphatic carbocycles. The Hall–Kier alpha value is -3.09. The molecule has 0 spiro atoms. The first-order valence-corrected chi connectivity index (χ1v) is 7.05. The van der Waals surface area contributed by atoms with Gasteiger partial charge in [0.2, 0.25) is 0 Å². The Labute approximate surface area is 137 Å². The van der Waals surface area contributed by atoms with Gasteiger partial charge in [0, 0.05) is 11.8 Å². The van der Waals surface area contributed by atoms with Gasteiger partial charge in [-0.3, -0.25) is 4.79 Å². The van der Waals surface area contributed by atoms with Crippen LogP contribution < -0.4 is 10.1 Å². The second-order valence-corrected chi connectivity index (χ2v) is 4.93. The van der Waals surface area contributed by atoms with Gasteiger partial charge < -0.3 is 19.9 Å². The number of halogens is 1. The maximum Gasteiger partial charge on any atom is 0.342 e. The minimum Gasteiger partial charge on any atom is -0.507 e. The highest BCUT2D eigenvalue weighted by Gasteiger charge is 2.21. The van der Waals surface area contributed by atoms with Crippen molar-refractivity contribution in [3.8, 4) is 11.5 Å². The van der Waals surface area contributed by atoms with Gasteiger partial charge in [-0.15, -0.1) is 0 Å². The van der Waals surface area contributed by atoms with Gasteiger partial charge in [-0.1, -0.05) is 6.07 Å². The first-order valence-electron chi connectivity index (χ1n) is 7.05. The number of amides is 1. The van der Waals surface area contributed by atoms with Crippen molar-refractivity contribution >= 4 is 17.6 Å². The molecule has 0 aliphatic heterocycles. The number of ether oxygens (including phenoxy) is 2. The Morgan fingerprint density at radius 1 is 1.21 bits per heavy atom. The van der Waals surface area contributed by atoms with Crippen molar-refractivity contribution in [1.29, 1.82) is 0 Å². The zero-order valence-corrected chi connectivity index (χ0v) is 13.1. The van der Waals surface area contributed by atoms with E-state index in [9.17, 15) is 19.1 Å². The molecule has 0 bridgehead atoms. The number of carbonyl (C=O) groups excluding carboxylic acids is 2. The average Bonchev–Trinajstić information content (AvgIpc) is 2.54. The van der Waals surface area contributed by atoms with Crippen LogP contribution in [0.15, 0.2) is 42.5 Å². The number of benzene rings is 2. The molecule has 2 N–H and O–H groups in total. The molecule has 0 fully saturated rings. The first-order chi connectivity index (χ1) is 11.4. The number of phenolic OH excluding ortho intramolecular Hbond substituents is 1. The van der Waals surface area contributed by atoms with Crippen molar-refractivity contribution in [1.82, 2.24) is 0 Å². The van der Waals surface area contributed by atoms with E-state index in [-0.39, 0.29) is 17.0 Å². The molecule has 24 heavy (non-hydrogen) atoms. The number of rotatable bonds is 5. The Morgan fingerprint density at radius 3 is 2.58 bits per heavy atom. The zero-order chi connectivity index (χ0) is 17.7. The molecule has 0 radical (unpaired) electrons. The number of methoxy groups -OCH3 is 1. The second kappa shape index (κ2) is 7.45. The average molecular weight is 333 g/mol. The molecular weight excluding hydrogens is 317 g/mol. The lowest BCUT2D eigenvalue weighted by Crippen LogP contribution is -2.30. The SMILES string of the molecule is COc1ccc(C(=O)O[C@H](C)C(=O)Nc2cccc(F)c2)c(O)c1. The van der Waals surface area contributed by atoms with E-state index < -0.39 is 23.8 Å². The smallest absolute Gasteiger partial charge is 0.342 e. The van der Waals surface area contributed by atoms with Crippen LogP contribution in [0.4, 0.5) is 10.1 Å². The maximum atomic E-state index is 13.1. The Balaban J connectivity index is 2.01. The highest BCUT2D eigenvalue weighted by Crippen LogP contribution is 2.24. The number of carbonyl (C=O) groups is 2. The van der Waals surface area contributed by atoms with Gasteiger partial charge in [0.25, 0.3) is 5.91 Å². The molecular formula is C17H16FNO5. The molecule has 0 unspecified atom stereocenters. The van der Waals surface area contributed by atoms with Gasteiger partial charge in [-0.05, 0) is 37.3 Å². The van der Waals surface area contributed by atoms with Crippen LogP contribution in [0.25, 0.3) is 0 Å². The van der Waals surface area contributed by atoms with Crippen molar-refractivity contribution in [3.63, 3.8) is 0 Å². The van der Waals surface area contributed by atoms with E-state index >= 15 is 0 Å². The predicted octanol–water partition coefficient (Wildman–Crippen LogP) is 2.72. The van der Waals surface area contributed by atoms with Crippen LogP contribution in [0, 0.1) is 5.82 Å². The molecule has 7 heteroatoms. The Morgan fingerprint density at radius 2 is 1.96 bits per heavy atom. The maximum absolute atomic E-state index is 13.1. The van der Waals surface area contributed by atoms with Crippen LogP contribution in [-0.2, 0) is 9.53 Å². The molecule has 0 heterocycles. The summed E-state index contributed by atoms with van der Waals surface area (Å²) in [6.07, 6.45) is -1.14. The summed E-state index contributed by atoms with van der Waals surface area (Å²) in [5.74, 6) is -1.93. The van der Waals surface area contributed by atoms with Gasteiger partial charge in [-0.25, -0.2) is 9.18 Å². The lowest BCUT2D eigenvalue weighted by atomic mass is 10.2. The van der Waals surface area contributed by atoms with Gasteiger partial charge in [0.15, 0.2) is 6.10 Å². The summed E-state index contributed by atoms with van der Waals surface area (Å²) >= 11 is 0. The number of aromatic hydroxyl groups is 1. The van der Waals surface area contributed by atoms with E-state index in [0.29, 0.717) is 5.75 Å². The standard InChI is InChI=1S/C17H16FNO5/c1-10(16(21)19-12-5-3-4-11(18)8-12)24-17(22)14-7-6-13(23-2)9-15(14)20/h3-10,20H,1-2H3,(H,19,21)/t10-/m1/s1. The van der Waals surface area contributed by atoms with E-state index in [1.807, 2.05) is 0 Å². The lowest BCUT2D eigenvalue weighted by molar-refractivity contribution is -0.123. The van der Waals surface area contributed by atoms with E-state index in [4.69, 9.17) is 9.47 Å². The fraction of sp³-hybridized carbons (Fsp3) is 0.176. The number of hydrogen-bond acceptors (Lipinski definition) is 5. The van der Waals surface area contributed by atoms with Crippen LogP contribution in [0.3, 0.4) is 0 Å². The Kier molecular flexibility index (Phi) is 5.36. The number of hydrogen-bond donors (Lipinski definition) is 2. The van der Waals surface area contributed by atoms with E-state index in [1.54, 1.807) is 0 Å². The molecule has 1 atom stereocenters. The zero-order valence-electron chi connectivity index (χ0n) is 13.1. The quantitative estimate of drug-likeness (QED) is 0.822. The number of esters is 1. The first kappa shape index (κ1) is 17.3. The fourth-order valence-corrected chi connectivity index (χ4v) is 1.90. The highest BCUT2D eigenvalue weighted by molar-refractivity contribution is 5.98. The molecule has 2 rings (SSSR count). The molecule has 0 aliphatic rings. The third kappa shape index (κ3) is 4.22. The van der Waals surface area contributed by atoms with E-state index in [0.717, 1.165) is 6.07 Å². The molecule has 2 aromatic rings. The monoisotopic (exact) mass is 333 g/mol. The van der Waals surface area contributed by atoms with Crippen molar-refractivity contribution in [2.24, 2.45) is 0 Å². The molecule has 0 saturated heterocycles. The van der Waals surface area contributed by atoms with Crippen LogP contribution in [-0.4, -0.2) is 30.2 Å². The van der Waals surface area contributed by atoms with Crippen molar-refractivity contribution in [3.05, 3.63) is 53.8 Å². The summed E-state index contributed by atoms with van der Waals surface area (Å²) in [5.41, 5.74) is 0.149. The van der Waals surface area contributed by atoms with Crippen molar-refractivity contribution in [2.75, 3.05) is 12.4 Å². The molecule has 1 amide bonds. The summed E-state index contributed by atoms with van der Waals surface area (Å²) in [6.45, 7) is 1.37. The van der Waals surface area contributed by atoms with Crippen LogP contribution in [0.5, 0.6) is 11.5 Å². The predicted molar refractivity (Wildman–Crippen MR) is 84.6 cm³/mol. The van der Waals surface area contributed by atoms with Gasteiger partial charge in [0.1, 0.15) is 22.9 Å². The van der Waals surface area contributed by atoms with Gasteiger partial charge in [-0.2, -0.15) is 0 Å². The summed E-state index contributed by atoms with van der Waals surface area (Å²) in [4.78, 5) is 24.0. The molecule has 0 aromatic heterocycles. The molecule has 6 nitrogen and oxygen atoms in total. The second-order valence-electron chi connectivity index (χ2n) is 4.93. The summed E-state index contributed by atoms with van der Waals surface area (Å²) in [6, 6.07) is 9.39. The lowest BCUT2D eigenvalue weighted by Gasteiger charge is -2.14. The number of anilines is 1. The highest BCUT2D eigenvalue weighted by atomic mass is 19.1. The van der Waals surface area contributed by atoms with Crippen molar-refractivity contribution < 1.29 is 28.6 Å². The van der Waals surface area contributed by atoms with Crippen LogP contribution in [0.1, 0.15) is 17.3 Å². The minimum absolute atomic E-state index is 0.0961. The van der Waals surface area contributed by atoms with Crippen molar-refractivity contribution in [2.45, 2.75) is 13.0 Å². The molecule has 2 aromatic carbocycles. The summed E-state index contributed by atoms with van der Waals surface area (Å²) in [5, 5.41) is 12.2. The van der Waals surface area contributed by atoms with E-state index in [2.05, 4.69) is 5.32 Å². The van der Waals surface area contributed by atoms with E-state index in [1.165, 1.54) is 50.4 Å². The van der Waals surface area contributed by atoms with Gasteiger partial charge in [0.05, 0.1) is 7.11 Å². The topological polar surface area (TPSA) is 84.9 Å². The number of phenols is 1. The normalized spacial score (nSPS) is 11.5. The summed E-state index contributed by atoms with van der Waals surface area (Å²) < 4.78 is 23.0. The Bertz CT molecular complexity index is 762. The summed E-state index contributed by atoms with van der Waals surface area (Å²) in [7, 11) is 1.42. The molecule has 126 valence electrons.